The first-order chi connectivity index (χ1) is 13.6. The van der Waals surface area contributed by atoms with Gasteiger partial charge in [0.1, 0.15) is 0 Å². The molecule has 1 N–H and O–H groups in total. The summed E-state index contributed by atoms with van der Waals surface area (Å²) in [6.45, 7) is 2.44. The van der Waals surface area contributed by atoms with Crippen LogP contribution in [0.25, 0.3) is 16.5 Å². The Morgan fingerprint density at radius 1 is 1.18 bits per heavy atom. The van der Waals surface area contributed by atoms with Crippen LogP contribution >= 0.6 is 0 Å². The SMILES string of the molecule is CN1CC=C(c2ccc3nncc(NCc4cccc(C(F)F)c4)c3c2)CC1. The van der Waals surface area contributed by atoms with Crippen LogP contribution in [-0.2, 0) is 6.54 Å². The van der Waals surface area contributed by atoms with Gasteiger partial charge in [0, 0.05) is 30.6 Å². The lowest BCUT2D eigenvalue weighted by atomic mass is 9.98. The van der Waals surface area contributed by atoms with Crippen molar-refractivity contribution in [1.82, 2.24) is 15.1 Å². The molecule has 0 bridgehead atoms. The summed E-state index contributed by atoms with van der Waals surface area (Å²) < 4.78 is 25.8. The van der Waals surface area contributed by atoms with Gasteiger partial charge in [-0.2, -0.15) is 10.2 Å². The van der Waals surface area contributed by atoms with Crippen molar-refractivity contribution in [3.8, 4) is 0 Å². The highest BCUT2D eigenvalue weighted by Crippen LogP contribution is 2.28. The maximum Gasteiger partial charge on any atom is 0.263 e. The summed E-state index contributed by atoms with van der Waals surface area (Å²) in [7, 11) is 2.12. The number of alkyl halides is 2. The Morgan fingerprint density at radius 2 is 2.07 bits per heavy atom. The molecular formula is C22H22F2N4. The molecule has 4 nitrogen and oxygen atoms in total. The van der Waals surface area contributed by atoms with E-state index in [2.05, 4.69) is 45.7 Å². The van der Waals surface area contributed by atoms with Crippen LogP contribution in [0.5, 0.6) is 0 Å². The van der Waals surface area contributed by atoms with Gasteiger partial charge in [-0.1, -0.05) is 30.3 Å². The standard InChI is InChI=1S/C22H22F2N4/c1-28-9-7-16(8-10-28)17-5-6-20-19(12-17)21(14-26-27-20)25-13-15-3-2-4-18(11-15)22(23)24/h2-7,11-12,14,22H,8-10,13H2,1H3,(H,25,27). The van der Waals surface area contributed by atoms with Crippen LogP contribution in [0.15, 0.2) is 54.7 Å². The van der Waals surface area contributed by atoms with Crippen molar-refractivity contribution >= 4 is 22.2 Å². The van der Waals surface area contributed by atoms with Crippen LogP contribution in [0.1, 0.15) is 29.5 Å². The molecule has 1 aliphatic heterocycles. The molecule has 144 valence electrons. The van der Waals surface area contributed by atoms with Gasteiger partial charge >= 0.3 is 0 Å². The molecule has 2 heterocycles. The van der Waals surface area contributed by atoms with Crippen LogP contribution in [0.4, 0.5) is 14.5 Å². The fourth-order valence-corrected chi connectivity index (χ4v) is 3.47. The lowest BCUT2D eigenvalue weighted by Gasteiger charge is -2.22. The monoisotopic (exact) mass is 380 g/mol. The summed E-state index contributed by atoms with van der Waals surface area (Å²) >= 11 is 0. The van der Waals surface area contributed by atoms with E-state index in [-0.39, 0.29) is 5.56 Å². The average molecular weight is 380 g/mol. The molecule has 1 aromatic heterocycles. The van der Waals surface area contributed by atoms with E-state index in [1.165, 1.54) is 23.3 Å². The van der Waals surface area contributed by atoms with Crippen molar-refractivity contribution < 1.29 is 8.78 Å². The molecule has 3 aromatic rings. The number of hydrogen-bond acceptors (Lipinski definition) is 4. The fraction of sp³-hybridized carbons (Fsp3) is 0.273. The highest BCUT2D eigenvalue weighted by atomic mass is 19.3. The summed E-state index contributed by atoms with van der Waals surface area (Å²) in [5.41, 5.74) is 5.03. The van der Waals surface area contributed by atoms with Gasteiger partial charge in [-0.15, -0.1) is 0 Å². The zero-order chi connectivity index (χ0) is 19.5. The predicted molar refractivity (Wildman–Crippen MR) is 108 cm³/mol. The lowest BCUT2D eigenvalue weighted by molar-refractivity contribution is 0.151. The Hall–Kier alpha value is -2.86. The molecule has 2 aromatic carbocycles. The topological polar surface area (TPSA) is 41.1 Å². The zero-order valence-corrected chi connectivity index (χ0v) is 15.7. The van der Waals surface area contributed by atoms with E-state index >= 15 is 0 Å². The minimum atomic E-state index is -2.46. The second-order valence-electron chi connectivity index (χ2n) is 7.13. The molecule has 4 rings (SSSR count). The number of fused-ring (bicyclic) bond motifs is 1. The minimum Gasteiger partial charge on any atom is -0.379 e. The van der Waals surface area contributed by atoms with Gasteiger partial charge in [-0.05, 0) is 48.4 Å². The smallest absolute Gasteiger partial charge is 0.263 e. The van der Waals surface area contributed by atoms with Crippen molar-refractivity contribution in [3.63, 3.8) is 0 Å². The number of rotatable bonds is 5. The molecule has 0 amide bonds. The third kappa shape index (κ3) is 4.02. The van der Waals surface area contributed by atoms with Crippen LogP contribution in [0, 0.1) is 0 Å². The fourth-order valence-electron chi connectivity index (χ4n) is 3.47. The van der Waals surface area contributed by atoms with Crippen molar-refractivity contribution in [2.24, 2.45) is 0 Å². The maximum atomic E-state index is 12.9. The van der Waals surface area contributed by atoms with E-state index in [0.717, 1.165) is 41.7 Å². The first-order valence-corrected chi connectivity index (χ1v) is 9.34. The van der Waals surface area contributed by atoms with Crippen LogP contribution in [0.3, 0.4) is 0 Å². The largest absolute Gasteiger partial charge is 0.379 e. The molecule has 0 unspecified atom stereocenters. The molecule has 28 heavy (non-hydrogen) atoms. The van der Waals surface area contributed by atoms with E-state index in [9.17, 15) is 8.78 Å². The molecule has 1 aliphatic rings. The number of benzene rings is 2. The lowest BCUT2D eigenvalue weighted by Crippen LogP contribution is -2.23. The highest BCUT2D eigenvalue weighted by molar-refractivity contribution is 5.92. The molecule has 0 radical (unpaired) electrons. The van der Waals surface area contributed by atoms with Crippen LogP contribution in [-0.4, -0.2) is 35.2 Å². The summed E-state index contributed by atoms with van der Waals surface area (Å²) in [5, 5.41) is 12.6. The number of nitrogens with zero attached hydrogens (tertiary/aromatic N) is 3. The van der Waals surface area contributed by atoms with Crippen molar-refractivity contribution in [1.29, 1.82) is 0 Å². The second-order valence-corrected chi connectivity index (χ2v) is 7.13. The number of aromatic nitrogens is 2. The van der Waals surface area contributed by atoms with Gasteiger partial charge in [0.2, 0.25) is 0 Å². The van der Waals surface area contributed by atoms with Crippen LogP contribution in [0.2, 0.25) is 0 Å². The highest BCUT2D eigenvalue weighted by Gasteiger charge is 2.12. The van der Waals surface area contributed by atoms with Gasteiger partial charge in [-0.25, -0.2) is 8.78 Å². The van der Waals surface area contributed by atoms with Crippen molar-refractivity contribution in [3.05, 3.63) is 71.4 Å². The molecule has 0 aliphatic carbocycles. The second kappa shape index (κ2) is 8.02. The first-order valence-electron chi connectivity index (χ1n) is 9.34. The molecule has 0 saturated heterocycles. The molecular weight excluding hydrogens is 358 g/mol. The summed E-state index contributed by atoms with van der Waals surface area (Å²) in [6, 6.07) is 12.7. The Morgan fingerprint density at radius 3 is 2.86 bits per heavy atom. The number of nitrogens with one attached hydrogen (secondary N) is 1. The molecule has 0 atom stereocenters. The Kier molecular flexibility index (Phi) is 5.30. The van der Waals surface area contributed by atoms with E-state index in [1.807, 2.05) is 12.1 Å². The molecule has 6 heteroatoms. The molecule has 0 spiro atoms. The third-order valence-corrected chi connectivity index (χ3v) is 5.11. The van der Waals surface area contributed by atoms with E-state index < -0.39 is 6.43 Å². The van der Waals surface area contributed by atoms with Gasteiger partial charge in [0.05, 0.1) is 17.4 Å². The number of hydrogen-bond donors (Lipinski definition) is 1. The normalized spacial score (nSPS) is 15.1. The Bertz CT molecular complexity index is 1020. The molecule has 0 fully saturated rings. The van der Waals surface area contributed by atoms with Crippen molar-refractivity contribution in [2.45, 2.75) is 19.4 Å². The Balaban J connectivity index is 1.60. The zero-order valence-electron chi connectivity index (χ0n) is 15.7. The minimum absolute atomic E-state index is 0.0356. The van der Waals surface area contributed by atoms with Gasteiger partial charge in [0.25, 0.3) is 6.43 Å². The quantitative estimate of drug-likeness (QED) is 0.684. The number of likely N-dealkylation sites (N-methyl/N-ethyl adjacent to an activating group) is 1. The average Bonchev–Trinajstić information content (AvgIpc) is 2.72. The van der Waals surface area contributed by atoms with E-state index in [4.69, 9.17) is 0 Å². The third-order valence-electron chi connectivity index (χ3n) is 5.11. The maximum absolute atomic E-state index is 12.9. The Labute approximate surface area is 162 Å². The van der Waals surface area contributed by atoms with Crippen molar-refractivity contribution in [2.75, 3.05) is 25.5 Å². The molecule has 0 saturated carbocycles. The summed E-state index contributed by atoms with van der Waals surface area (Å²) in [5.74, 6) is 0. The van der Waals surface area contributed by atoms with Crippen LogP contribution < -0.4 is 5.32 Å². The summed E-state index contributed by atoms with van der Waals surface area (Å²) in [6.07, 6.45) is 2.51. The van der Waals surface area contributed by atoms with E-state index in [1.54, 1.807) is 12.3 Å². The first kappa shape index (κ1) is 18.5. The summed E-state index contributed by atoms with van der Waals surface area (Å²) in [4.78, 5) is 2.29. The van der Waals surface area contributed by atoms with Gasteiger partial charge in [0.15, 0.2) is 0 Å². The van der Waals surface area contributed by atoms with Gasteiger partial charge < -0.3 is 10.2 Å². The van der Waals surface area contributed by atoms with E-state index in [0.29, 0.717) is 6.54 Å². The van der Waals surface area contributed by atoms with Gasteiger partial charge in [-0.3, -0.25) is 0 Å². The number of halogens is 2. The predicted octanol–water partition coefficient (Wildman–Crippen LogP) is 4.90. The number of anilines is 1.